The molecule has 2 N–H and O–H groups in total. The van der Waals surface area contributed by atoms with E-state index in [2.05, 4.69) is 4.98 Å². The highest BCUT2D eigenvalue weighted by atomic mass is 32.1. The number of H-pyrrole nitrogens is 1. The minimum atomic E-state index is -1.37. The maximum absolute atomic E-state index is 14.9. The molecule has 0 aliphatic heterocycles. The van der Waals surface area contributed by atoms with Crippen molar-refractivity contribution in [2.45, 2.75) is 6.54 Å². The number of nitrogens with one attached hydrogen (secondary N) is 1. The van der Waals surface area contributed by atoms with Crippen molar-refractivity contribution in [1.82, 2.24) is 9.55 Å². The molecule has 4 aromatic rings. The lowest BCUT2D eigenvalue weighted by Crippen LogP contribution is -2.34. The van der Waals surface area contributed by atoms with E-state index in [1.54, 1.807) is 0 Å². The van der Waals surface area contributed by atoms with E-state index in [0.717, 1.165) is 23.5 Å². The lowest BCUT2D eigenvalue weighted by atomic mass is 10.1. The number of aromatic carboxylic acids is 1. The molecule has 0 spiro atoms. The number of hydrogen-bond acceptors (Lipinski definition) is 7. The number of halogens is 3. The molecule has 2 heterocycles. The van der Waals surface area contributed by atoms with E-state index in [9.17, 15) is 32.7 Å². The van der Waals surface area contributed by atoms with Crippen LogP contribution >= 0.6 is 11.3 Å². The van der Waals surface area contributed by atoms with Gasteiger partial charge in [-0.25, -0.2) is 27.3 Å². The van der Waals surface area contributed by atoms with Gasteiger partial charge in [0.2, 0.25) is 0 Å². The van der Waals surface area contributed by atoms with Crippen molar-refractivity contribution >= 4 is 33.9 Å². The normalized spacial score (nSPS) is 11.2. The summed E-state index contributed by atoms with van der Waals surface area (Å²) in [4.78, 5) is 40.8. The minimum absolute atomic E-state index is 0.0184. The van der Waals surface area contributed by atoms with Crippen LogP contribution in [0.25, 0.3) is 16.6 Å². The van der Waals surface area contributed by atoms with Crippen molar-refractivity contribution in [2.75, 3.05) is 32.3 Å². The summed E-state index contributed by atoms with van der Waals surface area (Å²) in [5, 5.41) is 10.4. The Kier molecular flexibility index (Phi) is 7.36. The number of ether oxygens (including phenoxy) is 2. The molecule has 0 aliphatic carbocycles. The van der Waals surface area contributed by atoms with Crippen LogP contribution in [-0.2, 0) is 11.3 Å². The highest BCUT2D eigenvalue weighted by molar-refractivity contribution is 7.13. The monoisotopic (exact) mass is 535 g/mol. The summed E-state index contributed by atoms with van der Waals surface area (Å²) in [5.74, 6) is -4.43. The Bertz CT molecular complexity index is 1610. The molecular weight excluding hydrogens is 515 g/mol. The summed E-state index contributed by atoms with van der Waals surface area (Å²) in [5.41, 5.74) is -2.28. The van der Waals surface area contributed by atoms with Crippen molar-refractivity contribution in [1.29, 1.82) is 0 Å². The second-order valence-corrected chi connectivity index (χ2v) is 8.78. The van der Waals surface area contributed by atoms with Crippen molar-refractivity contribution in [3.8, 4) is 11.4 Å². The molecule has 13 heteroatoms. The molecule has 0 aliphatic rings. The Balaban J connectivity index is 1.76. The number of carboxylic acid groups (broad SMARTS) is 1. The van der Waals surface area contributed by atoms with Gasteiger partial charge in [-0.3, -0.25) is 4.79 Å². The van der Waals surface area contributed by atoms with Crippen LogP contribution in [0.15, 0.2) is 45.3 Å². The first-order valence-electron chi connectivity index (χ1n) is 10.7. The average Bonchev–Trinajstić information content (AvgIpc) is 3.29. The van der Waals surface area contributed by atoms with Crippen molar-refractivity contribution in [3.05, 3.63) is 84.4 Å². The van der Waals surface area contributed by atoms with E-state index < -0.39 is 40.4 Å². The van der Waals surface area contributed by atoms with Gasteiger partial charge in [0.05, 0.1) is 28.8 Å². The van der Waals surface area contributed by atoms with Crippen LogP contribution < -0.4 is 20.9 Å². The Morgan fingerprint density at radius 1 is 1.14 bits per heavy atom. The average molecular weight is 536 g/mol. The fraction of sp³-hybridized carbons (Fsp3) is 0.208. The quantitative estimate of drug-likeness (QED) is 0.315. The molecule has 9 nitrogen and oxygen atoms in total. The van der Waals surface area contributed by atoms with Crippen molar-refractivity contribution < 1.29 is 32.5 Å². The van der Waals surface area contributed by atoms with Gasteiger partial charge in [0.1, 0.15) is 23.1 Å². The van der Waals surface area contributed by atoms with Crippen LogP contribution in [0.3, 0.4) is 0 Å². The molecule has 2 aromatic carbocycles. The predicted octanol–water partition coefficient (Wildman–Crippen LogP) is 3.52. The van der Waals surface area contributed by atoms with E-state index in [0.29, 0.717) is 4.57 Å². The molecule has 0 bridgehead atoms. The van der Waals surface area contributed by atoms with E-state index in [4.69, 9.17) is 9.47 Å². The number of rotatable bonds is 9. The van der Waals surface area contributed by atoms with E-state index in [1.807, 2.05) is 0 Å². The number of hydrogen-bond donors (Lipinski definition) is 2. The highest BCUT2D eigenvalue weighted by Gasteiger charge is 2.22. The standard InChI is InChI=1S/C24H20F3N3O6S/c1-29(10-13-18(36-8-7-35-2)6-5-15(26)20(13)27)12-3-4-14(25)17(9-12)30-22(31)19-16(28-24(30)34)11-37-21(19)23(32)33/h3-6,9,11H,7-8,10H2,1-2H3,(H,28,34)(H,32,33). The minimum Gasteiger partial charge on any atom is -0.491 e. The van der Waals surface area contributed by atoms with Crippen molar-refractivity contribution in [2.24, 2.45) is 0 Å². The summed E-state index contributed by atoms with van der Waals surface area (Å²) in [6, 6.07) is 5.71. The number of anilines is 1. The molecule has 0 atom stereocenters. The molecule has 0 saturated heterocycles. The Morgan fingerprint density at radius 3 is 2.57 bits per heavy atom. The van der Waals surface area contributed by atoms with Crippen LogP contribution in [-0.4, -0.2) is 48.0 Å². The van der Waals surface area contributed by atoms with Gasteiger partial charge in [0, 0.05) is 31.8 Å². The van der Waals surface area contributed by atoms with Crippen LogP contribution in [0.1, 0.15) is 15.2 Å². The molecule has 0 radical (unpaired) electrons. The summed E-state index contributed by atoms with van der Waals surface area (Å²) in [7, 11) is 2.97. The van der Waals surface area contributed by atoms with Crippen LogP contribution in [0.5, 0.6) is 5.75 Å². The molecule has 0 amide bonds. The number of methoxy groups -OCH3 is 1. The van der Waals surface area contributed by atoms with E-state index >= 15 is 0 Å². The summed E-state index contributed by atoms with van der Waals surface area (Å²) < 4.78 is 54.4. The van der Waals surface area contributed by atoms with Gasteiger partial charge in [-0.2, -0.15) is 0 Å². The molecule has 0 saturated carbocycles. The zero-order valence-electron chi connectivity index (χ0n) is 19.5. The smallest absolute Gasteiger partial charge is 0.346 e. The third-order valence-corrected chi connectivity index (χ3v) is 6.52. The van der Waals surface area contributed by atoms with Gasteiger partial charge >= 0.3 is 11.7 Å². The maximum Gasteiger partial charge on any atom is 0.346 e. The number of nitrogens with zero attached hydrogens (tertiary/aromatic N) is 2. The third-order valence-electron chi connectivity index (χ3n) is 5.55. The zero-order chi connectivity index (χ0) is 26.9. The lowest BCUT2D eigenvalue weighted by molar-refractivity contribution is 0.0704. The van der Waals surface area contributed by atoms with Gasteiger partial charge < -0.3 is 24.5 Å². The maximum atomic E-state index is 14.9. The molecule has 2 aromatic heterocycles. The number of fused-ring (bicyclic) bond motifs is 1. The number of benzene rings is 2. The molecule has 194 valence electrons. The predicted molar refractivity (Wildman–Crippen MR) is 131 cm³/mol. The summed E-state index contributed by atoms with van der Waals surface area (Å²) >= 11 is 0.751. The number of carboxylic acids is 1. The molecule has 4 rings (SSSR count). The second-order valence-electron chi connectivity index (χ2n) is 7.90. The number of thiophene rings is 1. The lowest BCUT2D eigenvalue weighted by Gasteiger charge is -2.22. The van der Waals surface area contributed by atoms with Crippen LogP contribution in [0.2, 0.25) is 0 Å². The molecular formula is C24H20F3N3O6S. The topological polar surface area (TPSA) is 114 Å². The second kappa shape index (κ2) is 10.5. The third kappa shape index (κ3) is 4.95. The first kappa shape index (κ1) is 26.0. The molecule has 37 heavy (non-hydrogen) atoms. The number of carbonyl (C=O) groups is 1. The fourth-order valence-corrected chi connectivity index (χ4v) is 4.57. The van der Waals surface area contributed by atoms with Gasteiger partial charge in [-0.15, -0.1) is 11.3 Å². The van der Waals surface area contributed by atoms with Crippen molar-refractivity contribution in [3.63, 3.8) is 0 Å². The zero-order valence-corrected chi connectivity index (χ0v) is 20.3. The fourth-order valence-electron chi connectivity index (χ4n) is 3.74. The number of aromatic amines is 1. The number of aromatic nitrogens is 2. The summed E-state index contributed by atoms with van der Waals surface area (Å²) in [6.07, 6.45) is 0. The van der Waals surface area contributed by atoms with Crippen LogP contribution in [0.4, 0.5) is 18.9 Å². The van der Waals surface area contributed by atoms with Gasteiger partial charge in [0.15, 0.2) is 11.6 Å². The van der Waals surface area contributed by atoms with Gasteiger partial charge in [-0.05, 0) is 30.3 Å². The Morgan fingerprint density at radius 2 is 1.86 bits per heavy atom. The van der Waals surface area contributed by atoms with Gasteiger partial charge in [-0.1, -0.05) is 0 Å². The van der Waals surface area contributed by atoms with Gasteiger partial charge in [0.25, 0.3) is 5.56 Å². The Hall–Kier alpha value is -4.10. The first-order valence-corrected chi connectivity index (χ1v) is 11.6. The SMILES string of the molecule is COCCOc1ccc(F)c(F)c1CN(C)c1ccc(F)c(-n2c(=O)[nH]c3csc(C(=O)O)c3c2=O)c1. The molecule has 0 unspecified atom stereocenters. The molecule has 0 fully saturated rings. The van der Waals surface area contributed by atoms with Crippen LogP contribution in [0, 0.1) is 17.5 Å². The van der Waals surface area contributed by atoms with E-state index in [-0.39, 0.29) is 52.5 Å². The summed E-state index contributed by atoms with van der Waals surface area (Å²) in [6.45, 7) is 0.0972. The Labute approximate surface area is 210 Å². The highest BCUT2D eigenvalue weighted by Crippen LogP contribution is 2.28. The van der Waals surface area contributed by atoms with E-state index in [1.165, 1.54) is 42.6 Å². The largest absolute Gasteiger partial charge is 0.491 e. The first-order chi connectivity index (χ1) is 17.6.